The summed E-state index contributed by atoms with van der Waals surface area (Å²) in [7, 11) is 0. The Labute approximate surface area is 123 Å². The van der Waals surface area contributed by atoms with Crippen molar-refractivity contribution in [1.82, 2.24) is 0 Å². The minimum atomic E-state index is -0.475. The maximum absolute atomic E-state index is 10.4. The molecule has 0 saturated carbocycles. The monoisotopic (exact) mass is 318 g/mol. The first-order valence-electron chi connectivity index (χ1n) is 6.47. The first-order chi connectivity index (χ1) is 8.97. The van der Waals surface area contributed by atoms with Gasteiger partial charge in [-0.3, -0.25) is 0 Å². The van der Waals surface area contributed by atoms with E-state index in [0.29, 0.717) is 6.42 Å². The number of aryl methyl sites for hydroxylation is 3. The second kappa shape index (κ2) is 5.89. The van der Waals surface area contributed by atoms with Crippen LogP contribution in [0.1, 0.15) is 33.9 Å². The average molecular weight is 319 g/mol. The predicted molar refractivity (Wildman–Crippen MR) is 83.5 cm³/mol. The van der Waals surface area contributed by atoms with Crippen LogP contribution < -0.4 is 0 Å². The van der Waals surface area contributed by atoms with Crippen LogP contribution in [-0.2, 0) is 6.42 Å². The first-order valence-corrected chi connectivity index (χ1v) is 7.27. The van der Waals surface area contributed by atoms with Crippen LogP contribution in [0, 0.1) is 20.8 Å². The number of hydrogen-bond donors (Lipinski definition) is 1. The van der Waals surface area contributed by atoms with Crippen molar-refractivity contribution < 1.29 is 5.11 Å². The van der Waals surface area contributed by atoms with Gasteiger partial charge in [0.15, 0.2) is 0 Å². The Kier molecular flexibility index (Phi) is 4.43. The Bertz CT molecular complexity index is 590. The highest BCUT2D eigenvalue weighted by molar-refractivity contribution is 9.10. The third-order valence-electron chi connectivity index (χ3n) is 3.52. The van der Waals surface area contributed by atoms with Crippen molar-refractivity contribution in [2.24, 2.45) is 0 Å². The molecule has 0 aliphatic rings. The highest BCUT2D eigenvalue weighted by Crippen LogP contribution is 2.27. The van der Waals surface area contributed by atoms with Gasteiger partial charge in [0.25, 0.3) is 0 Å². The van der Waals surface area contributed by atoms with E-state index in [0.717, 1.165) is 10.0 Å². The van der Waals surface area contributed by atoms with Crippen molar-refractivity contribution in [2.75, 3.05) is 0 Å². The molecular formula is C17H19BrO. The zero-order chi connectivity index (χ0) is 14.0. The third-order valence-corrected chi connectivity index (χ3v) is 4.20. The van der Waals surface area contributed by atoms with Crippen LogP contribution in [0.25, 0.3) is 0 Å². The molecule has 1 N–H and O–H groups in total. The summed E-state index contributed by atoms with van der Waals surface area (Å²) >= 11 is 3.53. The molecule has 0 saturated heterocycles. The molecule has 0 heterocycles. The van der Waals surface area contributed by atoms with Gasteiger partial charge in [-0.2, -0.15) is 0 Å². The molecule has 0 radical (unpaired) electrons. The van der Waals surface area contributed by atoms with E-state index in [1.807, 2.05) is 25.1 Å². The fourth-order valence-electron chi connectivity index (χ4n) is 2.17. The lowest BCUT2D eigenvalue weighted by Gasteiger charge is -2.14. The van der Waals surface area contributed by atoms with Gasteiger partial charge >= 0.3 is 0 Å². The van der Waals surface area contributed by atoms with Crippen LogP contribution in [0.5, 0.6) is 0 Å². The van der Waals surface area contributed by atoms with E-state index in [1.165, 1.54) is 22.3 Å². The minimum absolute atomic E-state index is 0.475. The van der Waals surface area contributed by atoms with Crippen molar-refractivity contribution in [1.29, 1.82) is 0 Å². The fraction of sp³-hybridized carbons (Fsp3) is 0.294. The number of benzene rings is 2. The fourth-order valence-corrected chi connectivity index (χ4v) is 2.92. The van der Waals surface area contributed by atoms with Gasteiger partial charge in [-0.15, -0.1) is 0 Å². The number of halogens is 1. The molecule has 19 heavy (non-hydrogen) atoms. The Morgan fingerprint density at radius 2 is 1.74 bits per heavy atom. The van der Waals surface area contributed by atoms with Crippen LogP contribution in [0.15, 0.2) is 40.9 Å². The third kappa shape index (κ3) is 3.46. The molecule has 0 fully saturated rings. The van der Waals surface area contributed by atoms with Gasteiger partial charge < -0.3 is 5.11 Å². The van der Waals surface area contributed by atoms with E-state index in [9.17, 15) is 5.11 Å². The molecule has 0 amide bonds. The molecule has 1 nitrogen and oxygen atoms in total. The number of hydrogen-bond acceptors (Lipinski definition) is 1. The molecule has 1 atom stereocenters. The minimum Gasteiger partial charge on any atom is -0.388 e. The zero-order valence-corrected chi connectivity index (χ0v) is 13.2. The lowest BCUT2D eigenvalue weighted by atomic mass is 9.98. The first kappa shape index (κ1) is 14.3. The molecule has 0 bridgehead atoms. The molecular weight excluding hydrogens is 300 g/mol. The summed E-state index contributed by atoms with van der Waals surface area (Å²) in [5.74, 6) is 0. The number of aliphatic hydroxyl groups excluding tert-OH is 1. The number of aliphatic hydroxyl groups is 1. The highest BCUT2D eigenvalue weighted by atomic mass is 79.9. The molecule has 0 spiro atoms. The summed E-state index contributed by atoms with van der Waals surface area (Å²) in [6, 6.07) is 12.4. The normalized spacial score (nSPS) is 12.5. The second-order valence-electron chi connectivity index (χ2n) is 5.16. The van der Waals surface area contributed by atoms with Gasteiger partial charge in [-0.05, 0) is 54.7 Å². The standard InChI is InChI=1S/C17H19BrO/c1-11-4-7-15(16(18)8-11)17(19)10-14-6-5-12(2)13(3)9-14/h4-9,17,19H,10H2,1-3H3. The lowest BCUT2D eigenvalue weighted by Crippen LogP contribution is -2.03. The highest BCUT2D eigenvalue weighted by Gasteiger charge is 2.12. The van der Waals surface area contributed by atoms with E-state index in [-0.39, 0.29) is 0 Å². The van der Waals surface area contributed by atoms with Gasteiger partial charge in [-0.25, -0.2) is 0 Å². The predicted octanol–water partition coefficient (Wildman–Crippen LogP) is 4.65. The van der Waals surface area contributed by atoms with Gasteiger partial charge in [0.1, 0.15) is 0 Å². The maximum atomic E-state index is 10.4. The summed E-state index contributed by atoms with van der Waals surface area (Å²) < 4.78 is 0.976. The van der Waals surface area contributed by atoms with Crippen molar-refractivity contribution in [3.05, 3.63) is 68.7 Å². The number of rotatable bonds is 3. The maximum Gasteiger partial charge on any atom is 0.0841 e. The molecule has 100 valence electrons. The summed E-state index contributed by atoms with van der Waals surface area (Å²) in [5, 5.41) is 10.4. The largest absolute Gasteiger partial charge is 0.388 e. The SMILES string of the molecule is Cc1ccc(C(O)Cc2ccc(C)c(C)c2)c(Br)c1. The van der Waals surface area contributed by atoms with Gasteiger partial charge in [0.05, 0.1) is 6.10 Å². The second-order valence-corrected chi connectivity index (χ2v) is 6.02. The summed E-state index contributed by atoms with van der Waals surface area (Å²) in [6.07, 6.45) is 0.167. The Morgan fingerprint density at radius 1 is 1.00 bits per heavy atom. The van der Waals surface area contributed by atoms with Crippen molar-refractivity contribution in [3.8, 4) is 0 Å². The lowest BCUT2D eigenvalue weighted by molar-refractivity contribution is 0.177. The van der Waals surface area contributed by atoms with Crippen molar-refractivity contribution in [2.45, 2.75) is 33.3 Å². The molecule has 2 aromatic carbocycles. The molecule has 0 aliphatic carbocycles. The topological polar surface area (TPSA) is 20.2 Å². The van der Waals surface area contributed by atoms with E-state index in [4.69, 9.17) is 0 Å². The van der Waals surface area contributed by atoms with Crippen molar-refractivity contribution in [3.63, 3.8) is 0 Å². The van der Waals surface area contributed by atoms with Crippen LogP contribution in [-0.4, -0.2) is 5.11 Å². The smallest absolute Gasteiger partial charge is 0.0841 e. The van der Waals surface area contributed by atoms with E-state index in [2.05, 4.69) is 48.0 Å². The zero-order valence-electron chi connectivity index (χ0n) is 11.6. The van der Waals surface area contributed by atoms with E-state index >= 15 is 0 Å². The van der Waals surface area contributed by atoms with Crippen LogP contribution in [0.4, 0.5) is 0 Å². The molecule has 0 aromatic heterocycles. The summed E-state index contributed by atoms with van der Waals surface area (Å²) in [4.78, 5) is 0. The molecule has 1 unspecified atom stereocenters. The molecule has 2 rings (SSSR count). The molecule has 2 heteroatoms. The Hall–Kier alpha value is -1.12. The summed E-state index contributed by atoms with van der Waals surface area (Å²) in [6.45, 7) is 6.25. The molecule has 0 aliphatic heterocycles. The molecule has 2 aromatic rings. The van der Waals surface area contributed by atoms with Crippen LogP contribution in [0.3, 0.4) is 0 Å². The van der Waals surface area contributed by atoms with Gasteiger partial charge in [-0.1, -0.05) is 46.3 Å². The van der Waals surface area contributed by atoms with Crippen LogP contribution in [0.2, 0.25) is 0 Å². The van der Waals surface area contributed by atoms with Crippen molar-refractivity contribution >= 4 is 15.9 Å². The van der Waals surface area contributed by atoms with Gasteiger partial charge in [0, 0.05) is 10.9 Å². The Morgan fingerprint density at radius 3 is 2.37 bits per heavy atom. The summed E-state index contributed by atoms with van der Waals surface area (Å²) in [5.41, 5.74) is 5.86. The average Bonchev–Trinajstić information content (AvgIpc) is 2.33. The van der Waals surface area contributed by atoms with E-state index in [1.54, 1.807) is 0 Å². The Balaban J connectivity index is 2.20. The van der Waals surface area contributed by atoms with Gasteiger partial charge in [0.2, 0.25) is 0 Å². The van der Waals surface area contributed by atoms with E-state index < -0.39 is 6.10 Å². The quantitative estimate of drug-likeness (QED) is 0.873. The van der Waals surface area contributed by atoms with Crippen LogP contribution >= 0.6 is 15.9 Å².